The molecule has 1 aliphatic heterocycles. The van der Waals surface area contributed by atoms with Crippen molar-refractivity contribution in [3.63, 3.8) is 0 Å². The standard InChI is InChI=1S/C21H21N5S2/c1-14-5-3-6-16-15(2)13-18(22-19(14)16)25-8-10-26(11-9-25)21-24-23-20(28-21)17-7-4-12-27-17/h3-7,12-13H,8-11H2,1-2H3. The SMILES string of the molecule is Cc1cc(N2CCN(c3nnc(-c4cccs4)s3)CC2)nc2c(C)cccc12. The lowest BCUT2D eigenvalue weighted by Gasteiger charge is -2.35. The third-order valence-corrected chi connectivity index (χ3v) is 7.28. The molecule has 0 saturated carbocycles. The second kappa shape index (κ2) is 7.14. The van der Waals surface area contributed by atoms with E-state index in [0.717, 1.165) is 47.7 Å². The molecule has 0 bridgehead atoms. The Bertz CT molecular complexity index is 1110. The van der Waals surface area contributed by atoms with Crippen LogP contribution in [-0.4, -0.2) is 41.4 Å². The largest absolute Gasteiger partial charge is 0.353 e. The minimum Gasteiger partial charge on any atom is -0.353 e. The molecule has 3 aromatic heterocycles. The Morgan fingerprint density at radius 1 is 0.893 bits per heavy atom. The molecule has 0 atom stereocenters. The highest BCUT2D eigenvalue weighted by atomic mass is 32.1. The van der Waals surface area contributed by atoms with Gasteiger partial charge in [0, 0.05) is 31.6 Å². The van der Waals surface area contributed by atoms with Gasteiger partial charge in [-0.1, -0.05) is 35.6 Å². The Morgan fingerprint density at radius 2 is 1.71 bits per heavy atom. The number of anilines is 2. The van der Waals surface area contributed by atoms with Gasteiger partial charge in [-0.15, -0.1) is 21.5 Å². The number of hydrogen-bond acceptors (Lipinski definition) is 7. The molecule has 4 aromatic rings. The van der Waals surface area contributed by atoms with Gasteiger partial charge in [-0.25, -0.2) is 4.98 Å². The summed E-state index contributed by atoms with van der Waals surface area (Å²) in [7, 11) is 0. The van der Waals surface area contributed by atoms with E-state index in [2.05, 4.69) is 75.6 Å². The van der Waals surface area contributed by atoms with Gasteiger partial charge in [0.1, 0.15) is 5.82 Å². The second-order valence-electron chi connectivity index (χ2n) is 7.11. The van der Waals surface area contributed by atoms with Crippen molar-refractivity contribution in [2.75, 3.05) is 36.0 Å². The van der Waals surface area contributed by atoms with E-state index >= 15 is 0 Å². The molecule has 7 heteroatoms. The predicted molar refractivity (Wildman–Crippen MR) is 119 cm³/mol. The Balaban J connectivity index is 1.34. The van der Waals surface area contributed by atoms with Crippen molar-refractivity contribution in [3.05, 3.63) is 52.9 Å². The number of aromatic nitrogens is 3. The van der Waals surface area contributed by atoms with Gasteiger partial charge in [0.05, 0.1) is 10.4 Å². The number of thiophene rings is 1. The minimum atomic E-state index is 0.936. The van der Waals surface area contributed by atoms with Crippen molar-refractivity contribution >= 4 is 44.5 Å². The Hall–Kier alpha value is -2.51. The van der Waals surface area contributed by atoms with Crippen molar-refractivity contribution in [1.29, 1.82) is 0 Å². The maximum atomic E-state index is 4.98. The van der Waals surface area contributed by atoms with Crippen LogP contribution in [0.2, 0.25) is 0 Å². The van der Waals surface area contributed by atoms with Gasteiger partial charge in [-0.05, 0) is 42.5 Å². The monoisotopic (exact) mass is 407 g/mol. The van der Waals surface area contributed by atoms with Gasteiger partial charge in [-0.2, -0.15) is 0 Å². The van der Waals surface area contributed by atoms with Gasteiger partial charge in [-0.3, -0.25) is 0 Å². The molecule has 0 radical (unpaired) electrons. The number of piperazine rings is 1. The molecule has 28 heavy (non-hydrogen) atoms. The summed E-state index contributed by atoms with van der Waals surface area (Å²) in [6, 6.07) is 12.8. The molecule has 1 aliphatic rings. The second-order valence-corrected chi connectivity index (χ2v) is 9.01. The van der Waals surface area contributed by atoms with Gasteiger partial charge in [0.2, 0.25) is 5.13 Å². The van der Waals surface area contributed by atoms with Crippen LogP contribution in [0.25, 0.3) is 20.8 Å². The summed E-state index contributed by atoms with van der Waals surface area (Å²) in [6.45, 7) is 8.07. The summed E-state index contributed by atoms with van der Waals surface area (Å²) in [5, 5.41) is 14.2. The summed E-state index contributed by atoms with van der Waals surface area (Å²) in [5.41, 5.74) is 3.64. The minimum absolute atomic E-state index is 0.936. The lowest BCUT2D eigenvalue weighted by molar-refractivity contribution is 0.644. The summed E-state index contributed by atoms with van der Waals surface area (Å²) < 4.78 is 0. The molecule has 1 aromatic carbocycles. The number of pyridine rings is 1. The van der Waals surface area contributed by atoms with E-state index in [0.29, 0.717) is 0 Å². The fourth-order valence-corrected chi connectivity index (χ4v) is 5.36. The van der Waals surface area contributed by atoms with E-state index < -0.39 is 0 Å². The average Bonchev–Trinajstić information content (AvgIpc) is 3.41. The van der Waals surface area contributed by atoms with E-state index in [9.17, 15) is 0 Å². The summed E-state index contributed by atoms with van der Waals surface area (Å²) in [5.74, 6) is 1.08. The lowest BCUT2D eigenvalue weighted by Crippen LogP contribution is -2.46. The molecule has 5 nitrogen and oxygen atoms in total. The zero-order valence-electron chi connectivity index (χ0n) is 15.9. The number of rotatable bonds is 3. The van der Waals surface area contributed by atoms with Crippen LogP contribution in [0.5, 0.6) is 0 Å². The van der Waals surface area contributed by atoms with Crippen molar-refractivity contribution in [2.24, 2.45) is 0 Å². The number of benzene rings is 1. The third kappa shape index (κ3) is 3.14. The maximum absolute atomic E-state index is 4.98. The van der Waals surface area contributed by atoms with Crippen LogP contribution in [0.3, 0.4) is 0 Å². The lowest BCUT2D eigenvalue weighted by atomic mass is 10.1. The van der Waals surface area contributed by atoms with Crippen LogP contribution in [0.1, 0.15) is 11.1 Å². The van der Waals surface area contributed by atoms with Crippen LogP contribution in [-0.2, 0) is 0 Å². The number of fused-ring (bicyclic) bond motifs is 1. The Morgan fingerprint density at radius 3 is 2.50 bits per heavy atom. The number of para-hydroxylation sites is 1. The molecule has 0 N–H and O–H groups in total. The van der Waals surface area contributed by atoms with Crippen LogP contribution >= 0.6 is 22.7 Å². The van der Waals surface area contributed by atoms with E-state index in [1.807, 2.05) is 0 Å². The molecule has 5 rings (SSSR count). The molecule has 0 unspecified atom stereocenters. The first kappa shape index (κ1) is 17.6. The van der Waals surface area contributed by atoms with Gasteiger partial charge >= 0.3 is 0 Å². The molecule has 1 saturated heterocycles. The number of nitrogens with zero attached hydrogens (tertiary/aromatic N) is 5. The number of hydrogen-bond donors (Lipinski definition) is 0. The van der Waals surface area contributed by atoms with Crippen LogP contribution in [0.4, 0.5) is 10.9 Å². The van der Waals surface area contributed by atoms with Crippen molar-refractivity contribution < 1.29 is 0 Å². The quantitative estimate of drug-likeness (QED) is 0.490. The highest BCUT2D eigenvalue weighted by Gasteiger charge is 2.22. The molecule has 0 amide bonds. The molecule has 0 aliphatic carbocycles. The van der Waals surface area contributed by atoms with E-state index in [1.165, 1.54) is 21.4 Å². The Kier molecular flexibility index (Phi) is 4.49. The topological polar surface area (TPSA) is 45.2 Å². The molecule has 4 heterocycles. The summed E-state index contributed by atoms with van der Waals surface area (Å²) >= 11 is 3.39. The average molecular weight is 408 g/mol. The van der Waals surface area contributed by atoms with E-state index in [-0.39, 0.29) is 0 Å². The normalized spacial score (nSPS) is 14.8. The van der Waals surface area contributed by atoms with Gasteiger partial charge in [0.15, 0.2) is 5.01 Å². The van der Waals surface area contributed by atoms with Crippen LogP contribution in [0.15, 0.2) is 41.8 Å². The first-order chi connectivity index (χ1) is 13.7. The fourth-order valence-electron chi connectivity index (χ4n) is 3.68. The predicted octanol–water partition coefficient (Wildman–Crippen LogP) is 4.76. The third-order valence-electron chi connectivity index (χ3n) is 5.26. The van der Waals surface area contributed by atoms with Crippen LogP contribution < -0.4 is 9.80 Å². The number of aryl methyl sites for hydroxylation is 2. The maximum Gasteiger partial charge on any atom is 0.208 e. The zero-order chi connectivity index (χ0) is 19.1. The van der Waals surface area contributed by atoms with Crippen molar-refractivity contribution in [3.8, 4) is 9.88 Å². The fraction of sp³-hybridized carbons (Fsp3) is 0.286. The van der Waals surface area contributed by atoms with E-state index in [1.54, 1.807) is 22.7 Å². The first-order valence-electron chi connectivity index (χ1n) is 9.43. The molecule has 142 valence electrons. The molecular weight excluding hydrogens is 386 g/mol. The van der Waals surface area contributed by atoms with Gasteiger partial charge < -0.3 is 9.80 Å². The highest BCUT2D eigenvalue weighted by Crippen LogP contribution is 2.32. The molecule has 1 fully saturated rings. The van der Waals surface area contributed by atoms with E-state index in [4.69, 9.17) is 4.98 Å². The summed E-state index contributed by atoms with van der Waals surface area (Å²) in [4.78, 5) is 10.9. The molecule has 0 spiro atoms. The molecular formula is C21H21N5S2. The summed E-state index contributed by atoms with van der Waals surface area (Å²) in [6.07, 6.45) is 0. The van der Waals surface area contributed by atoms with Crippen molar-refractivity contribution in [1.82, 2.24) is 15.2 Å². The van der Waals surface area contributed by atoms with Crippen LogP contribution in [0, 0.1) is 13.8 Å². The zero-order valence-corrected chi connectivity index (χ0v) is 17.6. The van der Waals surface area contributed by atoms with Crippen molar-refractivity contribution in [2.45, 2.75) is 13.8 Å². The smallest absolute Gasteiger partial charge is 0.208 e. The first-order valence-corrected chi connectivity index (χ1v) is 11.1. The Labute approximate surface area is 172 Å². The highest BCUT2D eigenvalue weighted by molar-refractivity contribution is 7.22. The van der Waals surface area contributed by atoms with Gasteiger partial charge in [0.25, 0.3) is 0 Å².